The van der Waals surface area contributed by atoms with Gasteiger partial charge in [0.1, 0.15) is 11.8 Å². The molecule has 2 N–H and O–H groups in total. The minimum atomic E-state index is -4.21. The van der Waals surface area contributed by atoms with Gasteiger partial charge in [-0.2, -0.15) is 4.72 Å². The largest absolute Gasteiger partial charge is 0.493 e. The number of carbonyl (C=O) groups is 2. The molecule has 0 fully saturated rings. The summed E-state index contributed by atoms with van der Waals surface area (Å²) in [5.41, 5.74) is 0.736. The van der Waals surface area contributed by atoms with Gasteiger partial charge in [0.2, 0.25) is 15.9 Å². The molecule has 1 unspecified atom stereocenters. The van der Waals surface area contributed by atoms with Crippen LogP contribution in [-0.2, 0) is 26.0 Å². The van der Waals surface area contributed by atoms with Crippen molar-refractivity contribution >= 4 is 39.2 Å². The minimum Gasteiger partial charge on any atom is -0.493 e. The van der Waals surface area contributed by atoms with Crippen LogP contribution in [0.15, 0.2) is 65.6 Å². The standard InChI is InChI=1S/C27H29ClN2O8S/c1-5-38-23-12-11-18(14-20(23)28)39(33,34)30-22(13-17-9-7-6-8-10-17)26(31)29-21-16-25(36-3)24(35-2)15-19(21)27(32)37-4/h6-12,14-16,22,30H,5,13H2,1-4H3,(H,29,31). The number of halogens is 1. The average molecular weight is 577 g/mol. The maximum absolute atomic E-state index is 13.5. The zero-order chi connectivity index (χ0) is 28.6. The molecule has 3 aromatic carbocycles. The van der Waals surface area contributed by atoms with Gasteiger partial charge in [0.25, 0.3) is 0 Å². The number of benzene rings is 3. The second-order valence-electron chi connectivity index (χ2n) is 8.12. The van der Waals surface area contributed by atoms with E-state index in [1.165, 1.54) is 51.7 Å². The molecule has 0 radical (unpaired) electrons. The number of ether oxygens (including phenoxy) is 4. The molecular weight excluding hydrogens is 548 g/mol. The Bertz CT molecular complexity index is 1430. The van der Waals surface area contributed by atoms with Crippen LogP contribution in [0.4, 0.5) is 5.69 Å². The molecule has 1 amide bonds. The number of methoxy groups -OCH3 is 3. The van der Waals surface area contributed by atoms with E-state index >= 15 is 0 Å². The first-order valence-electron chi connectivity index (χ1n) is 11.8. The number of anilines is 1. The Kier molecular flexibility index (Phi) is 10.2. The average Bonchev–Trinajstić information content (AvgIpc) is 2.93. The van der Waals surface area contributed by atoms with E-state index in [4.69, 9.17) is 30.5 Å². The van der Waals surface area contributed by atoms with E-state index < -0.39 is 27.9 Å². The normalized spacial score (nSPS) is 11.8. The molecule has 10 nitrogen and oxygen atoms in total. The molecule has 0 spiro atoms. The molecule has 39 heavy (non-hydrogen) atoms. The molecule has 0 aliphatic rings. The molecule has 0 aliphatic carbocycles. The molecule has 1 atom stereocenters. The number of rotatable bonds is 12. The number of nitrogens with one attached hydrogen (secondary N) is 2. The summed E-state index contributed by atoms with van der Waals surface area (Å²) in [5.74, 6) is -0.651. The fraction of sp³-hybridized carbons (Fsp3) is 0.259. The molecule has 3 aromatic rings. The van der Waals surface area contributed by atoms with E-state index in [0.29, 0.717) is 17.9 Å². The highest BCUT2D eigenvalue weighted by atomic mass is 35.5. The Balaban J connectivity index is 1.99. The van der Waals surface area contributed by atoms with E-state index in [-0.39, 0.29) is 39.1 Å². The van der Waals surface area contributed by atoms with Gasteiger partial charge >= 0.3 is 5.97 Å². The van der Waals surface area contributed by atoms with Crippen LogP contribution in [-0.4, -0.2) is 54.3 Å². The van der Waals surface area contributed by atoms with E-state index in [1.54, 1.807) is 37.3 Å². The Morgan fingerprint density at radius 2 is 1.59 bits per heavy atom. The van der Waals surface area contributed by atoms with Gasteiger partial charge in [-0.1, -0.05) is 41.9 Å². The fourth-order valence-corrected chi connectivity index (χ4v) is 5.22. The van der Waals surface area contributed by atoms with Crippen LogP contribution in [0.2, 0.25) is 5.02 Å². The first-order chi connectivity index (χ1) is 18.6. The number of esters is 1. The summed E-state index contributed by atoms with van der Waals surface area (Å²) in [6.45, 7) is 2.13. The van der Waals surface area contributed by atoms with Crippen LogP contribution in [0.5, 0.6) is 17.2 Å². The number of hydrogen-bond acceptors (Lipinski definition) is 8. The molecule has 0 saturated heterocycles. The van der Waals surface area contributed by atoms with E-state index in [2.05, 4.69) is 10.0 Å². The molecule has 0 saturated carbocycles. The molecule has 0 aliphatic heterocycles. The predicted molar refractivity (Wildman–Crippen MR) is 146 cm³/mol. The lowest BCUT2D eigenvalue weighted by Crippen LogP contribution is -2.45. The van der Waals surface area contributed by atoms with Crippen molar-refractivity contribution in [2.45, 2.75) is 24.3 Å². The minimum absolute atomic E-state index is 0.0110. The highest BCUT2D eigenvalue weighted by Crippen LogP contribution is 2.34. The van der Waals surface area contributed by atoms with Crippen LogP contribution in [0.25, 0.3) is 0 Å². The maximum atomic E-state index is 13.5. The van der Waals surface area contributed by atoms with Crippen molar-refractivity contribution in [3.05, 3.63) is 76.8 Å². The molecule has 0 aromatic heterocycles. The van der Waals surface area contributed by atoms with Crippen molar-refractivity contribution < 1.29 is 37.0 Å². The van der Waals surface area contributed by atoms with E-state index in [9.17, 15) is 18.0 Å². The zero-order valence-electron chi connectivity index (χ0n) is 21.8. The summed E-state index contributed by atoms with van der Waals surface area (Å²) >= 11 is 6.20. The van der Waals surface area contributed by atoms with E-state index in [0.717, 1.165) is 0 Å². The first kappa shape index (κ1) is 29.8. The lowest BCUT2D eigenvalue weighted by molar-refractivity contribution is -0.117. The monoisotopic (exact) mass is 576 g/mol. The quantitative estimate of drug-likeness (QED) is 0.309. The van der Waals surface area contributed by atoms with Crippen LogP contribution >= 0.6 is 11.6 Å². The summed E-state index contributed by atoms with van der Waals surface area (Å²) in [5, 5.41) is 2.74. The van der Waals surface area contributed by atoms with Crippen molar-refractivity contribution in [3.63, 3.8) is 0 Å². The molecule has 12 heteroatoms. The smallest absolute Gasteiger partial charge is 0.340 e. The fourth-order valence-electron chi connectivity index (χ4n) is 3.70. The predicted octanol–water partition coefficient (Wildman–Crippen LogP) is 4.07. The third-order valence-electron chi connectivity index (χ3n) is 5.60. The van der Waals surface area contributed by atoms with Gasteiger partial charge in [0.15, 0.2) is 11.5 Å². The van der Waals surface area contributed by atoms with Crippen LogP contribution < -0.4 is 24.2 Å². The number of carbonyl (C=O) groups excluding carboxylic acids is 2. The maximum Gasteiger partial charge on any atom is 0.340 e. The third-order valence-corrected chi connectivity index (χ3v) is 7.36. The van der Waals surface area contributed by atoms with Gasteiger partial charge in [0, 0.05) is 12.1 Å². The van der Waals surface area contributed by atoms with Crippen molar-refractivity contribution in [1.29, 1.82) is 0 Å². The molecule has 208 valence electrons. The Labute approximate surface area is 232 Å². The zero-order valence-corrected chi connectivity index (χ0v) is 23.4. The summed E-state index contributed by atoms with van der Waals surface area (Å²) < 4.78 is 49.9. The van der Waals surface area contributed by atoms with Gasteiger partial charge in [-0.05, 0) is 37.1 Å². The number of sulfonamides is 1. The van der Waals surface area contributed by atoms with Gasteiger partial charge < -0.3 is 24.3 Å². The van der Waals surface area contributed by atoms with E-state index in [1.807, 2.05) is 0 Å². The second-order valence-corrected chi connectivity index (χ2v) is 10.2. The summed E-state index contributed by atoms with van der Waals surface area (Å²) in [6.07, 6.45) is 0.0114. The van der Waals surface area contributed by atoms with Gasteiger partial charge in [-0.3, -0.25) is 4.79 Å². The molecule has 0 bridgehead atoms. The van der Waals surface area contributed by atoms with Gasteiger partial charge in [-0.25, -0.2) is 13.2 Å². The number of amides is 1. The highest BCUT2D eigenvalue weighted by molar-refractivity contribution is 7.89. The summed E-state index contributed by atoms with van der Waals surface area (Å²) in [6, 6.07) is 14.4. The Hall–Kier alpha value is -3.80. The van der Waals surface area contributed by atoms with Crippen LogP contribution in [0, 0.1) is 0 Å². The third kappa shape index (κ3) is 7.41. The van der Waals surface area contributed by atoms with Gasteiger partial charge in [0.05, 0.1) is 49.1 Å². The van der Waals surface area contributed by atoms with Crippen LogP contribution in [0.1, 0.15) is 22.8 Å². The van der Waals surface area contributed by atoms with Crippen LogP contribution in [0.3, 0.4) is 0 Å². The second kappa shape index (κ2) is 13.3. The summed E-state index contributed by atoms with van der Waals surface area (Å²) in [4.78, 5) is 25.9. The highest BCUT2D eigenvalue weighted by Gasteiger charge is 2.28. The SMILES string of the molecule is CCOc1ccc(S(=O)(=O)NC(Cc2ccccc2)C(=O)Nc2cc(OC)c(OC)cc2C(=O)OC)cc1Cl. The van der Waals surface area contributed by atoms with Crippen molar-refractivity contribution in [2.75, 3.05) is 33.3 Å². The Morgan fingerprint density at radius 1 is 0.923 bits per heavy atom. The lowest BCUT2D eigenvalue weighted by atomic mass is 10.1. The molecule has 3 rings (SSSR count). The first-order valence-corrected chi connectivity index (χ1v) is 13.6. The number of hydrogen-bond donors (Lipinski definition) is 2. The molecule has 0 heterocycles. The Morgan fingerprint density at radius 3 is 2.18 bits per heavy atom. The molecular formula is C27H29ClN2O8S. The van der Waals surface area contributed by atoms with Crippen molar-refractivity contribution in [3.8, 4) is 17.2 Å². The van der Waals surface area contributed by atoms with Crippen molar-refractivity contribution in [1.82, 2.24) is 4.72 Å². The topological polar surface area (TPSA) is 129 Å². The van der Waals surface area contributed by atoms with Gasteiger partial charge in [-0.15, -0.1) is 0 Å². The summed E-state index contributed by atoms with van der Waals surface area (Å²) in [7, 11) is -0.223. The lowest BCUT2D eigenvalue weighted by Gasteiger charge is -2.21. The van der Waals surface area contributed by atoms with Crippen molar-refractivity contribution in [2.24, 2.45) is 0 Å².